The van der Waals surface area contributed by atoms with Crippen LogP contribution in [0.4, 0.5) is 4.39 Å². The van der Waals surface area contributed by atoms with Gasteiger partial charge in [0.1, 0.15) is 5.82 Å². The van der Waals surface area contributed by atoms with Gasteiger partial charge < -0.3 is 9.84 Å². The molecule has 0 bridgehead atoms. The van der Waals surface area contributed by atoms with Crippen LogP contribution in [0, 0.1) is 5.82 Å². The van der Waals surface area contributed by atoms with Gasteiger partial charge in [-0.25, -0.2) is 4.39 Å². The van der Waals surface area contributed by atoms with Crippen LogP contribution in [0.1, 0.15) is 31.2 Å². The smallest absolute Gasteiger partial charge is 0.128 e. The molecular formula is C15H22FNO3. The van der Waals surface area contributed by atoms with Crippen molar-refractivity contribution in [3.05, 3.63) is 35.6 Å². The van der Waals surface area contributed by atoms with Gasteiger partial charge in [-0.2, -0.15) is 5.48 Å². The number of hydrogen-bond acceptors (Lipinski definition) is 4. The lowest BCUT2D eigenvalue weighted by Gasteiger charge is -2.15. The van der Waals surface area contributed by atoms with Crippen molar-refractivity contribution in [3.8, 4) is 0 Å². The van der Waals surface area contributed by atoms with Crippen molar-refractivity contribution in [1.29, 1.82) is 0 Å². The number of halogens is 1. The molecule has 0 aromatic heterocycles. The molecule has 5 heteroatoms. The van der Waals surface area contributed by atoms with Crippen LogP contribution < -0.4 is 5.48 Å². The third-order valence-corrected chi connectivity index (χ3v) is 3.40. The van der Waals surface area contributed by atoms with Gasteiger partial charge in [0.05, 0.1) is 25.4 Å². The van der Waals surface area contributed by atoms with Crippen LogP contribution in [0.25, 0.3) is 0 Å². The van der Waals surface area contributed by atoms with Gasteiger partial charge in [-0.05, 0) is 18.9 Å². The number of nitrogens with one attached hydrogen (secondary N) is 1. The Balaban J connectivity index is 1.55. The molecule has 1 fully saturated rings. The van der Waals surface area contributed by atoms with E-state index in [2.05, 4.69) is 5.48 Å². The third kappa shape index (κ3) is 5.17. The maximum atomic E-state index is 13.3. The van der Waals surface area contributed by atoms with E-state index in [0.29, 0.717) is 12.1 Å². The molecule has 1 aliphatic rings. The van der Waals surface area contributed by atoms with E-state index in [4.69, 9.17) is 9.57 Å². The lowest BCUT2D eigenvalue weighted by Crippen LogP contribution is -2.32. The van der Waals surface area contributed by atoms with E-state index in [0.717, 1.165) is 12.8 Å². The van der Waals surface area contributed by atoms with Gasteiger partial charge in [-0.3, -0.25) is 4.84 Å². The molecule has 0 amide bonds. The predicted molar refractivity (Wildman–Crippen MR) is 73.4 cm³/mol. The lowest BCUT2D eigenvalue weighted by molar-refractivity contribution is -0.0513. The molecule has 0 saturated heterocycles. The number of hydrogen-bond donors (Lipinski definition) is 2. The molecule has 1 aromatic carbocycles. The molecule has 2 N–H and O–H groups in total. The summed E-state index contributed by atoms with van der Waals surface area (Å²) in [5, 5.41) is 9.71. The topological polar surface area (TPSA) is 50.7 Å². The van der Waals surface area contributed by atoms with E-state index < -0.39 is 6.10 Å². The molecule has 20 heavy (non-hydrogen) atoms. The Morgan fingerprint density at radius 3 is 2.80 bits per heavy atom. The Kier molecular flexibility index (Phi) is 6.39. The van der Waals surface area contributed by atoms with E-state index in [9.17, 15) is 9.50 Å². The molecule has 0 aliphatic heterocycles. The first-order valence-electron chi connectivity index (χ1n) is 7.13. The van der Waals surface area contributed by atoms with Crippen molar-refractivity contribution in [2.75, 3.05) is 13.2 Å². The first-order chi connectivity index (χ1) is 9.75. The van der Waals surface area contributed by atoms with E-state index in [-0.39, 0.29) is 25.1 Å². The van der Waals surface area contributed by atoms with Gasteiger partial charge in [0.2, 0.25) is 0 Å². The van der Waals surface area contributed by atoms with Gasteiger partial charge >= 0.3 is 0 Å². The number of hydroxylamine groups is 1. The van der Waals surface area contributed by atoms with Crippen LogP contribution in [0.5, 0.6) is 0 Å². The minimum Gasteiger partial charge on any atom is -0.389 e. The quantitative estimate of drug-likeness (QED) is 0.718. The maximum absolute atomic E-state index is 13.3. The van der Waals surface area contributed by atoms with Crippen molar-refractivity contribution in [3.63, 3.8) is 0 Å². The molecule has 1 saturated carbocycles. The minimum atomic E-state index is -0.664. The molecule has 1 aliphatic carbocycles. The number of aliphatic hydroxyl groups excluding tert-OH is 1. The minimum absolute atomic E-state index is 0.148. The average Bonchev–Trinajstić information content (AvgIpc) is 2.94. The summed E-state index contributed by atoms with van der Waals surface area (Å²) in [5.41, 5.74) is 3.28. The van der Waals surface area contributed by atoms with Crippen molar-refractivity contribution >= 4 is 0 Å². The van der Waals surface area contributed by atoms with Crippen LogP contribution >= 0.6 is 0 Å². The van der Waals surface area contributed by atoms with E-state index in [1.165, 1.54) is 18.9 Å². The Labute approximate surface area is 118 Å². The highest BCUT2D eigenvalue weighted by Crippen LogP contribution is 2.19. The summed E-state index contributed by atoms with van der Waals surface area (Å²) in [7, 11) is 0. The second kappa shape index (κ2) is 8.32. The average molecular weight is 283 g/mol. The fourth-order valence-electron chi connectivity index (χ4n) is 2.25. The number of benzene rings is 1. The van der Waals surface area contributed by atoms with Gasteiger partial charge in [0.25, 0.3) is 0 Å². The summed E-state index contributed by atoms with van der Waals surface area (Å²) in [6.07, 6.45) is 4.17. The highest BCUT2D eigenvalue weighted by molar-refractivity contribution is 5.16. The monoisotopic (exact) mass is 283 g/mol. The van der Waals surface area contributed by atoms with Gasteiger partial charge in [0.15, 0.2) is 0 Å². The highest BCUT2D eigenvalue weighted by Gasteiger charge is 2.16. The Morgan fingerprint density at radius 1 is 1.30 bits per heavy atom. The zero-order valence-electron chi connectivity index (χ0n) is 11.6. The molecule has 112 valence electrons. The van der Waals surface area contributed by atoms with Crippen LogP contribution in [0.3, 0.4) is 0 Å². The molecule has 1 aromatic rings. The first-order valence-corrected chi connectivity index (χ1v) is 7.13. The Bertz CT molecular complexity index is 396. The summed E-state index contributed by atoms with van der Waals surface area (Å²) >= 11 is 0. The zero-order chi connectivity index (χ0) is 14.2. The van der Waals surface area contributed by atoms with Gasteiger partial charge in [0, 0.05) is 12.1 Å². The highest BCUT2D eigenvalue weighted by atomic mass is 19.1. The van der Waals surface area contributed by atoms with Crippen molar-refractivity contribution in [2.45, 2.75) is 44.5 Å². The molecule has 1 atom stereocenters. The standard InChI is InChI=1S/C15H22FNO3/c16-15-8-4-1-5-12(15)10-19-11-13(18)9-17-20-14-6-2-3-7-14/h1,4-5,8,13-14,17-18H,2-3,6-7,9-11H2. The largest absolute Gasteiger partial charge is 0.389 e. The van der Waals surface area contributed by atoms with Gasteiger partial charge in [-0.1, -0.05) is 31.0 Å². The van der Waals surface area contributed by atoms with Crippen LogP contribution in [0.2, 0.25) is 0 Å². The molecule has 0 spiro atoms. The summed E-state index contributed by atoms with van der Waals surface area (Å²) < 4.78 is 18.6. The SMILES string of the molecule is OC(CNOC1CCCC1)COCc1ccccc1F. The second-order valence-electron chi connectivity index (χ2n) is 5.13. The summed E-state index contributed by atoms with van der Waals surface area (Å²) in [5.74, 6) is -0.287. The van der Waals surface area contributed by atoms with Crippen molar-refractivity contribution < 1.29 is 19.1 Å². The summed E-state index contributed by atoms with van der Waals surface area (Å²) in [6, 6.07) is 6.46. The van der Waals surface area contributed by atoms with E-state index in [1.807, 2.05) is 0 Å². The molecule has 4 nitrogen and oxygen atoms in total. The molecule has 0 heterocycles. The summed E-state index contributed by atoms with van der Waals surface area (Å²) in [6.45, 7) is 0.621. The zero-order valence-corrected chi connectivity index (χ0v) is 11.6. The second-order valence-corrected chi connectivity index (χ2v) is 5.13. The Morgan fingerprint density at radius 2 is 2.05 bits per heavy atom. The van der Waals surface area contributed by atoms with E-state index in [1.54, 1.807) is 18.2 Å². The molecule has 0 radical (unpaired) electrons. The predicted octanol–water partition coefficient (Wildman–Crippen LogP) is 2.17. The van der Waals surface area contributed by atoms with Crippen molar-refractivity contribution in [2.24, 2.45) is 0 Å². The summed E-state index contributed by atoms with van der Waals surface area (Å²) in [4.78, 5) is 5.43. The molecule has 1 unspecified atom stereocenters. The van der Waals surface area contributed by atoms with Gasteiger partial charge in [-0.15, -0.1) is 0 Å². The number of ether oxygens (including phenoxy) is 1. The third-order valence-electron chi connectivity index (χ3n) is 3.40. The number of rotatable bonds is 8. The lowest BCUT2D eigenvalue weighted by atomic mass is 10.2. The fraction of sp³-hybridized carbons (Fsp3) is 0.600. The molecule has 2 rings (SSSR count). The van der Waals surface area contributed by atoms with E-state index >= 15 is 0 Å². The number of aliphatic hydroxyl groups is 1. The van der Waals surface area contributed by atoms with Crippen LogP contribution in [0.15, 0.2) is 24.3 Å². The first kappa shape index (κ1) is 15.4. The van der Waals surface area contributed by atoms with Crippen molar-refractivity contribution in [1.82, 2.24) is 5.48 Å². The molecular weight excluding hydrogens is 261 g/mol. The fourth-order valence-corrected chi connectivity index (χ4v) is 2.25. The Hall–Kier alpha value is -1.01. The van der Waals surface area contributed by atoms with Crippen LogP contribution in [-0.2, 0) is 16.2 Å². The normalized spacial score (nSPS) is 17.5. The maximum Gasteiger partial charge on any atom is 0.128 e. The van der Waals surface area contributed by atoms with Crippen LogP contribution in [-0.4, -0.2) is 30.5 Å².